The molecule has 0 bridgehead atoms. The van der Waals surface area contributed by atoms with Crippen molar-refractivity contribution >= 4 is 11.9 Å². The maximum Gasteiger partial charge on any atom is 0.336 e. The Kier molecular flexibility index (Phi) is 4.88. The first kappa shape index (κ1) is 15.4. The largest absolute Gasteiger partial charge is 0.478 e. The molecular weight excluding hydrogens is 280 g/mol. The van der Waals surface area contributed by atoms with Gasteiger partial charge in [0.25, 0.3) is 5.91 Å². The maximum atomic E-state index is 13.4. The summed E-state index contributed by atoms with van der Waals surface area (Å²) in [6.07, 6.45) is 4.80. The highest BCUT2D eigenvalue weighted by Crippen LogP contribution is 2.19. The molecule has 6 heteroatoms. The van der Waals surface area contributed by atoms with E-state index in [0.717, 1.165) is 32.1 Å². The first-order chi connectivity index (χ1) is 10.0. The van der Waals surface area contributed by atoms with Crippen LogP contribution in [0.2, 0.25) is 0 Å². The second-order valence-electron chi connectivity index (χ2n) is 5.18. The SMILES string of the molecule is O=C(O)c1cc(F)c(F)cc1C(=O)N1CCCCCCC1. The molecule has 0 radical (unpaired) electrons. The molecule has 0 spiro atoms. The Hall–Kier alpha value is -1.98. The summed E-state index contributed by atoms with van der Waals surface area (Å²) < 4.78 is 26.5. The molecule has 1 aliphatic heterocycles. The van der Waals surface area contributed by atoms with Gasteiger partial charge in [-0.3, -0.25) is 4.79 Å². The van der Waals surface area contributed by atoms with Gasteiger partial charge in [-0.05, 0) is 25.0 Å². The molecule has 0 aromatic heterocycles. The van der Waals surface area contributed by atoms with E-state index in [2.05, 4.69) is 0 Å². The van der Waals surface area contributed by atoms with Crippen molar-refractivity contribution in [3.8, 4) is 0 Å². The van der Waals surface area contributed by atoms with E-state index >= 15 is 0 Å². The Bertz CT molecular complexity index is 552. The van der Waals surface area contributed by atoms with E-state index in [1.165, 1.54) is 4.90 Å². The van der Waals surface area contributed by atoms with Crippen LogP contribution in [0.15, 0.2) is 12.1 Å². The molecule has 1 aromatic carbocycles. The number of amides is 1. The van der Waals surface area contributed by atoms with E-state index in [-0.39, 0.29) is 5.56 Å². The molecule has 1 N–H and O–H groups in total. The average Bonchev–Trinajstić information content (AvgIpc) is 2.40. The lowest BCUT2D eigenvalue weighted by molar-refractivity contribution is 0.0670. The van der Waals surface area contributed by atoms with Crippen molar-refractivity contribution in [2.24, 2.45) is 0 Å². The zero-order chi connectivity index (χ0) is 15.4. The molecule has 1 amide bonds. The molecule has 1 aromatic rings. The van der Waals surface area contributed by atoms with Crippen LogP contribution in [0.1, 0.15) is 52.8 Å². The number of likely N-dealkylation sites (tertiary alicyclic amines) is 1. The number of halogens is 2. The topological polar surface area (TPSA) is 57.6 Å². The van der Waals surface area contributed by atoms with Gasteiger partial charge in [0.1, 0.15) is 0 Å². The van der Waals surface area contributed by atoms with Gasteiger partial charge in [0.15, 0.2) is 11.6 Å². The number of benzene rings is 1. The van der Waals surface area contributed by atoms with Gasteiger partial charge in [-0.15, -0.1) is 0 Å². The van der Waals surface area contributed by atoms with Crippen LogP contribution in [0, 0.1) is 11.6 Å². The lowest BCUT2D eigenvalue weighted by Gasteiger charge is -2.25. The minimum atomic E-state index is -1.44. The summed E-state index contributed by atoms with van der Waals surface area (Å²) in [5, 5.41) is 9.07. The number of carboxylic acid groups (broad SMARTS) is 1. The van der Waals surface area contributed by atoms with Gasteiger partial charge in [0.05, 0.1) is 11.1 Å². The molecule has 0 saturated carbocycles. The third-order valence-corrected chi connectivity index (χ3v) is 3.66. The Labute approximate surface area is 121 Å². The fourth-order valence-corrected chi connectivity index (χ4v) is 2.52. The van der Waals surface area contributed by atoms with Crippen molar-refractivity contribution in [3.63, 3.8) is 0 Å². The first-order valence-electron chi connectivity index (χ1n) is 7.02. The zero-order valence-electron chi connectivity index (χ0n) is 11.6. The molecule has 114 valence electrons. The van der Waals surface area contributed by atoms with Gasteiger partial charge in [0, 0.05) is 13.1 Å². The second-order valence-corrected chi connectivity index (χ2v) is 5.18. The molecule has 1 fully saturated rings. The normalized spacial score (nSPS) is 16.2. The lowest BCUT2D eigenvalue weighted by Crippen LogP contribution is -2.35. The molecule has 4 nitrogen and oxygen atoms in total. The first-order valence-corrected chi connectivity index (χ1v) is 7.02. The summed E-state index contributed by atoms with van der Waals surface area (Å²) in [6, 6.07) is 1.24. The quantitative estimate of drug-likeness (QED) is 0.912. The van der Waals surface area contributed by atoms with Crippen LogP contribution in [-0.4, -0.2) is 35.0 Å². The number of carbonyl (C=O) groups is 2. The van der Waals surface area contributed by atoms with E-state index in [9.17, 15) is 18.4 Å². The highest BCUT2D eigenvalue weighted by Gasteiger charge is 2.24. The van der Waals surface area contributed by atoms with Gasteiger partial charge in [-0.1, -0.05) is 19.3 Å². The number of nitrogens with zero attached hydrogens (tertiary/aromatic N) is 1. The zero-order valence-corrected chi connectivity index (χ0v) is 11.6. The van der Waals surface area contributed by atoms with E-state index in [1.807, 2.05) is 0 Å². The van der Waals surface area contributed by atoms with Crippen molar-refractivity contribution in [3.05, 3.63) is 34.9 Å². The summed E-state index contributed by atoms with van der Waals surface area (Å²) in [5.41, 5.74) is -0.789. The minimum absolute atomic E-state index is 0.290. The van der Waals surface area contributed by atoms with E-state index in [4.69, 9.17) is 5.11 Å². The second kappa shape index (κ2) is 6.65. The van der Waals surface area contributed by atoms with Crippen LogP contribution in [0.5, 0.6) is 0 Å². The standard InChI is InChI=1S/C15H17F2NO3/c16-12-8-10(11(15(20)21)9-13(12)17)14(19)18-6-4-2-1-3-5-7-18/h8-9H,1-7H2,(H,20,21). The van der Waals surface area contributed by atoms with Crippen molar-refractivity contribution < 1.29 is 23.5 Å². The molecule has 1 aliphatic rings. The lowest BCUT2D eigenvalue weighted by atomic mass is 10.0. The van der Waals surface area contributed by atoms with E-state index in [1.54, 1.807) is 0 Å². The van der Waals surface area contributed by atoms with Crippen LogP contribution >= 0.6 is 0 Å². The number of carboxylic acids is 1. The molecular formula is C15H17F2NO3. The molecule has 0 unspecified atom stereocenters. The van der Waals surface area contributed by atoms with Crippen molar-refractivity contribution in [1.82, 2.24) is 4.90 Å². The predicted octanol–water partition coefficient (Wildman–Crippen LogP) is 3.07. The highest BCUT2D eigenvalue weighted by atomic mass is 19.2. The molecule has 0 aliphatic carbocycles. The summed E-state index contributed by atoms with van der Waals surface area (Å²) in [4.78, 5) is 25.1. The van der Waals surface area contributed by atoms with E-state index in [0.29, 0.717) is 25.2 Å². The minimum Gasteiger partial charge on any atom is -0.478 e. The Morgan fingerprint density at radius 3 is 1.90 bits per heavy atom. The molecule has 1 heterocycles. The molecule has 0 atom stereocenters. The summed E-state index contributed by atoms with van der Waals surface area (Å²) >= 11 is 0. The van der Waals surface area contributed by atoms with Crippen LogP contribution in [0.4, 0.5) is 8.78 Å². The van der Waals surface area contributed by atoms with Crippen LogP contribution in [-0.2, 0) is 0 Å². The van der Waals surface area contributed by atoms with Crippen LogP contribution < -0.4 is 0 Å². The van der Waals surface area contributed by atoms with Gasteiger partial charge in [-0.25, -0.2) is 13.6 Å². The van der Waals surface area contributed by atoms with E-state index < -0.39 is 29.1 Å². The van der Waals surface area contributed by atoms with Gasteiger partial charge < -0.3 is 10.0 Å². The predicted molar refractivity (Wildman–Crippen MR) is 72.3 cm³/mol. The van der Waals surface area contributed by atoms with Crippen molar-refractivity contribution in [2.75, 3.05) is 13.1 Å². The summed E-state index contributed by atoms with van der Waals surface area (Å²) in [5.74, 6) is -4.47. The number of hydrogen-bond acceptors (Lipinski definition) is 2. The molecule has 21 heavy (non-hydrogen) atoms. The van der Waals surface area contributed by atoms with Crippen LogP contribution in [0.3, 0.4) is 0 Å². The number of rotatable bonds is 2. The Morgan fingerprint density at radius 1 is 0.905 bits per heavy atom. The molecule has 2 rings (SSSR count). The summed E-state index contributed by atoms with van der Waals surface area (Å²) in [7, 11) is 0. The fourth-order valence-electron chi connectivity index (χ4n) is 2.52. The van der Waals surface area contributed by atoms with Crippen molar-refractivity contribution in [1.29, 1.82) is 0 Å². The monoisotopic (exact) mass is 297 g/mol. The number of hydrogen-bond donors (Lipinski definition) is 1. The summed E-state index contributed by atoms with van der Waals surface area (Å²) in [6.45, 7) is 1.02. The number of carbonyl (C=O) groups excluding carboxylic acids is 1. The smallest absolute Gasteiger partial charge is 0.336 e. The van der Waals surface area contributed by atoms with Crippen LogP contribution in [0.25, 0.3) is 0 Å². The van der Waals surface area contributed by atoms with Crippen molar-refractivity contribution in [2.45, 2.75) is 32.1 Å². The molecule has 1 saturated heterocycles. The highest BCUT2D eigenvalue weighted by molar-refractivity contribution is 6.04. The van der Waals surface area contributed by atoms with Gasteiger partial charge >= 0.3 is 5.97 Å². The maximum absolute atomic E-state index is 13.4. The number of aromatic carboxylic acids is 1. The van der Waals surface area contributed by atoms with Gasteiger partial charge in [-0.2, -0.15) is 0 Å². The Morgan fingerprint density at radius 2 is 1.38 bits per heavy atom. The average molecular weight is 297 g/mol. The van der Waals surface area contributed by atoms with Gasteiger partial charge in [0.2, 0.25) is 0 Å². The Balaban J connectivity index is 2.32. The third kappa shape index (κ3) is 3.56. The fraction of sp³-hybridized carbons (Fsp3) is 0.467. The third-order valence-electron chi connectivity index (χ3n) is 3.66.